The van der Waals surface area contributed by atoms with Crippen molar-refractivity contribution >= 4 is 17.5 Å². The van der Waals surface area contributed by atoms with Crippen LogP contribution in [0.4, 0.5) is 5.69 Å². The molecule has 1 aromatic carbocycles. The zero-order valence-electron chi connectivity index (χ0n) is 10.8. The first-order valence-electron chi connectivity index (χ1n) is 5.86. The quantitative estimate of drug-likeness (QED) is 0.810. The average molecular weight is 247 g/mol. The van der Waals surface area contributed by atoms with Gasteiger partial charge in [0.15, 0.2) is 0 Å². The van der Waals surface area contributed by atoms with Crippen LogP contribution in [0.1, 0.15) is 12.0 Å². The molecule has 1 N–H and O–H groups in total. The molecule has 0 saturated carbocycles. The van der Waals surface area contributed by atoms with Crippen molar-refractivity contribution in [1.82, 2.24) is 10.0 Å². The number of imide groups is 1. The number of aryl methyl sites for hydroxylation is 1. The molecule has 1 fully saturated rings. The van der Waals surface area contributed by atoms with Gasteiger partial charge in [0.1, 0.15) is 6.04 Å². The van der Waals surface area contributed by atoms with E-state index in [1.54, 1.807) is 14.1 Å². The van der Waals surface area contributed by atoms with Crippen molar-refractivity contribution in [2.75, 3.05) is 19.4 Å². The van der Waals surface area contributed by atoms with E-state index in [0.29, 0.717) is 0 Å². The number of anilines is 1. The Morgan fingerprint density at radius 3 is 2.61 bits per heavy atom. The van der Waals surface area contributed by atoms with Gasteiger partial charge in [-0.1, -0.05) is 12.1 Å². The summed E-state index contributed by atoms with van der Waals surface area (Å²) in [5.74, 6) is -0.373. The molecule has 1 heterocycles. The second kappa shape index (κ2) is 4.78. The van der Waals surface area contributed by atoms with Gasteiger partial charge in [0.2, 0.25) is 5.91 Å². The van der Waals surface area contributed by atoms with Gasteiger partial charge in [-0.05, 0) is 24.6 Å². The largest absolute Gasteiger partial charge is 0.373 e. The van der Waals surface area contributed by atoms with E-state index < -0.39 is 6.04 Å². The van der Waals surface area contributed by atoms with Crippen molar-refractivity contribution < 1.29 is 9.59 Å². The van der Waals surface area contributed by atoms with E-state index in [1.165, 1.54) is 10.0 Å². The summed E-state index contributed by atoms with van der Waals surface area (Å²) in [7, 11) is 3.37. The van der Waals surface area contributed by atoms with Crippen LogP contribution in [0, 0.1) is 6.92 Å². The highest BCUT2D eigenvalue weighted by Crippen LogP contribution is 2.19. The number of nitrogens with one attached hydrogen (secondary N) is 1. The average Bonchev–Trinajstić information content (AvgIpc) is 2.54. The minimum Gasteiger partial charge on any atom is -0.373 e. The Morgan fingerprint density at radius 2 is 2.06 bits per heavy atom. The summed E-state index contributed by atoms with van der Waals surface area (Å²) >= 11 is 0. The molecule has 0 unspecified atom stereocenters. The van der Waals surface area contributed by atoms with Crippen molar-refractivity contribution in [2.45, 2.75) is 19.4 Å². The van der Waals surface area contributed by atoms with Crippen molar-refractivity contribution in [3.05, 3.63) is 29.8 Å². The fourth-order valence-corrected chi connectivity index (χ4v) is 2.09. The topological polar surface area (TPSA) is 52.7 Å². The molecule has 96 valence electrons. The highest BCUT2D eigenvalue weighted by Gasteiger charge is 2.39. The number of hydrazine groups is 1. The first-order valence-corrected chi connectivity index (χ1v) is 5.86. The molecule has 0 aliphatic carbocycles. The molecule has 0 radical (unpaired) electrons. The van der Waals surface area contributed by atoms with E-state index in [9.17, 15) is 9.59 Å². The SMILES string of the molecule is Cc1cccc(N[C@@H]2CC(=O)N(N(C)C)C2=O)c1. The summed E-state index contributed by atoms with van der Waals surface area (Å²) in [6.45, 7) is 1.99. The van der Waals surface area contributed by atoms with Crippen LogP contribution in [0.5, 0.6) is 0 Å². The van der Waals surface area contributed by atoms with E-state index in [1.807, 2.05) is 31.2 Å². The zero-order chi connectivity index (χ0) is 13.3. The lowest BCUT2D eigenvalue weighted by Gasteiger charge is -2.22. The van der Waals surface area contributed by atoms with Crippen molar-refractivity contribution in [2.24, 2.45) is 0 Å². The van der Waals surface area contributed by atoms with Crippen LogP contribution in [0.3, 0.4) is 0 Å². The van der Waals surface area contributed by atoms with Gasteiger partial charge in [0.05, 0.1) is 6.42 Å². The highest BCUT2D eigenvalue weighted by atomic mass is 16.2. The van der Waals surface area contributed by atoms with Gasteiger partial charge in [0.25, 0.3) is 5.91 Å². The number of nitrogens with zero attached hydrogens (tertiary/aromatic N) is 2. The summed E-state index contributed by atoms with van der Waals surface area (Å²) in [5.41, 5.74) is 1.97. The predicted octanol–water partition coefficient (Wildman–Crippen LogP) is 1.01. The van der Waals surface area contributed by atoms with Crippen molar-refractivity contribution in [3.8, 4) is 0 Å². The first kappa shape index (κ1) is 12.6. The summed E-state index contributed by atoms with van der Waals surface area (Å²) < 4.78 is 0. The van der Waals surface area contributed by atoms with Gasteiger partial charge in [-0.3, -0.25) is 9.59 Å². The molecule has 2 amide bonds. The van der Waals surface area contributed by atoms with E-state index >= 15 is 0 Å². The van der Waals surface area contributed by atoms with Crippen LogP contribution in [0.15, 0.2) is 24.3 Å². The molecular weight excluding hydrogens is 230 g/mol. The molecule has 5 nitrogen and oxygen atoms in total. The van der Waals surface area contributed by atoms with Crippen LogP contribution >= 0.6 is 0 Å². The molecule has 2 rings (SSSR count). The Balaban J connectivity index is 2.12. The predicted molar refractivity (Wildman–Crippen MR) is 68.7 cm³/mol. The number of rotatable bonds is 3. The van der Waals surface area contributed by atoms with Crippen LogP contribution in [-0.2, 0) is 9.59 Å². The van der Waals surface area contributed by atoms with Crippen LogP contribution in [0.25, 0.3) is 0 Å². The number of hydrogen-bond acceptors (Lipinski definition) is 4. The molecule has 0 aromatic heterocycles. The molecule has 5 heteroatoms. The van der Waals surface area contributed by atoms with E-state index in [2.05, 4.69) is 5.32 Å². The summed E-state index contributed by atoms with van der Waals surface area (Å²) in [5, 5.41) is 5.80. The first-order chi connectivity index (χ1) is 8.49. The number of benzene rings is 1. The van der Waals surface area contributed by atoms with Gasteiger partial charge >= 0.3 is 0 Å². The lowest BCUT2D eigenvalue weighted by atomic mass is 10.2. The molecule has 1 aromatic rings. The zero-order valence-corrected chi connectivity index (χ0v) is 10.8. The third-order valence-electron chi connectivity index (χ3n) is 2.88. The number of carbonyl (C=O) groups is 2. The Morgan fingerprint density at radius 1 is 1.33 bits per heavy atom. The third kappa shape index (κ3) is 2.36. The number of hydrogen-bond donors (Lipinski definition) is 1. The normalized spacial score (nSPS) is 19.8. The molecule has 1 saturated heterocycles. The van der Waals surface area contributed by atoms with Crippen LogP contribution < -0.4 is 5.32 Å². The molecule has 18 heavy (non-hydrogen) atoms. The molecular formula is C13H17N3O2. The molecule has 1 atom stereocenters. The van der Waals surface area contributed by atoms with E-state index in [4.69, 9.17) is 0 Å². The van der Waals surface area contributed by atoms with Crippen LogP contribution in [0.2, 0.25) is 0 Å². The smallest absolute Gasteiger partial charge is 0.266 e. The Hall–Kier alpha value is -1.88. The monoisotopic (exact) mass is 247 g/mol. The minimum atomic E-state index is -0.471. The fraction of sp³-hybridized carbons (Fsp3) is 0.385. The third-order valence-corrected chi connectivity index (χ3v) is 2.88. The molecule has 0 bridgehead atoms. The maximum atomic E-state index is 12.0. The van der Waals surface area contributed by atoms with Gasteiger partial charge in [-0.15, -0.1) is 0 Å². The lowest BCUT2D eigenvalue weighted by molar-refractivity contribution is -0.152. The minimum absolute atomic E-state index is 0.171. The Kier molecular flexibility index (Phi) is 3.34. The molecule has 1 aliphatic heterocycles. The summed E-state index contributed by atoms with van der Waals surface area (Å²) in [6.07, 6.45) is 0.199. The fourth-order valence-electron chi connectivity index (χ4n) is 2.09. The van der Waals surface area contributed by atoms with Gasteiger partial charge < -0.3 is 5.32 Å². The van der Waals surface area contributed by atoms with E-state index in [0.717, 1.165) is 11.3 Å². The second-order valence-corrected chi connectivity index (χ2v) is 4.66. The van der Waals surface area contributed by atoms with Gasteiger partial charge in [0, 0.05) is 19.8 Å². The lowest BCUT2D eigenvalue weighted by Crippen LogP contribution is -2.43. The maximum absolute atomic E-state index is 12.0. The maximum Gasteiger partial charge on any atom is 0.266 e. The van der Waals surface area contributed by atoms with E-state index in [-0.39, 0.29) is 18.2 Å². The Labute approximate surface area is 106 Å². The van der Waals surface area contributed by atoms with Gasteiger partial charge in [-0.2, -0.15) is 0 Å². The van der Waals surface area contributed by atoms with Crippen LogP contribution in [-0.4, -0.2) is 42.0 Å². The molecule has 1 aliphatic rings. The van der Waals surface area contributed by atoms with Gasteiger partial charge in [-0.25, -0.2) is 10.0 Å². The van der Waals surface area contributed by atoms with Crippen molar-refractivity contribution in [1.29, 1.82) is 0 Å². The number of carbonyl (C=O) groups excluding carboxylic acids is 2. The summed E-state index contributed by atoms with van der Waals surface area (Å²) in [4.78, 5) is 23.8. The Bertz CT molecular complexity index is 485. The second-order valence-electron chi connectivity index (χ2n) is 4.66. The standard InChI is InChI=1S/C13H17N3O2/c1-9-5-4-6-10(7-9)14-11-8-12(17)16(13(11)18)15(2)3/h4-7,11,14H,8H2,1-3H3/t11-/m1/s1. The van der Waals surface area contributed by atoms with Crippen molar-refractivity contribution in [3.63, 3.8) is 0 Å². The highest BCUT2D eigenvalue weighted by molar-refractivity contribution is 6.06. The number of amides is 2. The molecule has 0 spiro atoms. The summed E-state index contributed by atoms with van der Waals surface area (Å²) in [6, 6.07) is 7.28.